The van der Waals surface area contributed by atoms with Crippen LogP contribution in [0.1, 0.15) is 43.4 Å². The fourth-order valence-electron chi connectivity index (χ4n) is 4.24. The highest BCUT2D eigenvalue weighted by Crippen LogP contribution is 2.42. The number of fused-ring (bicyclic) bond motifs is 1. The molecular formula is C15H20N4O2. The van der Waals surface area contributed by atoms with Crippen molar-refractivity contribution < 1.29 is 9.59 Å². The average molecular weight is 288 g/mol. The van der Waals surface area contributed by atoms with E-state index in [-0.39, 0.29) is 18.0 Å². The largest absolute Gasteiger partial charge is 0.327 e. The molecule has 1 aromatic heterocycles. The number of aryl methyl sites for hydroxylation is 1. The second-order valence-electron chi connectivity index (χ2n) is 6.53. The quantitative estimate of drug-likeness (QED) is 0.796. The SMILES string of the molecule is CN1C(=O)N([C@@H]2CCc3cn[nH]c3C2)C(=O)C12CCCC2. The van der Waals surface area contributed by atoms with Crippen molar-refractivity contribution >= 4 is 11.9 Å². The van der Waals surface area contributed by atoms with E-state index in [0.717, 1.165) is 44.2 Å². The van der Waals surface area contributed by atoms with Gasteiger partial charge in [-0.05, 0) is 31.2 Å². The predicted octanol–water partition coefficient (Wildman–Crippen LogP) is 1.47. The fraction of sp³-hybridized carbons (Fsp3) is 0.667. The monoisotopic (exact) mass is 288 g/mol. The summed E-state index contributed by atoms with van der Waals surface area (Å²) in [5.74, 6) is 0.0282. The molecule has 112 valence electrons. The van der Waals surface area contributed by atoms with Crippen LogP contribution in [0.4, 0.5) is 4.79 Å². The second-order valence-corrected chi connectivity index (χ2v) is 6.53. The molecule has 2 heterocycles. The molecule has 2 fully saturated rings. The van der Waals surface area contributed by atoms with Gasteiger partial charge in [-0.3, -0.25) is 14.8 Å². The first-order chi connectivity index (χ1) is 10.1. The van der Waals surface area contributed by atoms with Crippen molar-refractivity contribution in [3.05, 3.63) is 17.5 Å². The van der Waals surface area contributed by atoms with Crippen LogP contribution in [0.5, 0.6) is 0 Å². The van der Waals surface area contributed by atoms with Gasteiger partial charge in [0.25, 0.3) is 5.91 Å². The summed E-state index contributed by atoms with van der Waals surface area (Å²) in [5, 5.41) is 7.07. The number of hydrogen-bond donors (Lipinski definition) is 1. The molecule has 1 saturated heterocycles. The van der Waals surface area contributed by atoms with Crippen LogP contribution in [-0.4, -0.2) is 50.6 Å². The van der Waals surface area contributed by atoms with Crippen molar-refractivity contribution in [2.75, 3.05) is 7.05 Å². The lowest BCUT2D eigenvalue weighted by Crippen LogP contribution is -2.47. The molecular weight excluding hydrogens is 268 g/mol. The number of amides is 3. The topological polar surface area (TPSA) is 69.3 Å². The Morgan fingerprint density at radius 1 is 1.33 bits per heavy atom. The van der Waals surface area contributed by atoms with Gasteiger partial charge in [0.15, 0.2) is 0 Å². The highest BCUT2D eigenvalue weighted by molar-refractivity contribution is 6.07. The highest BCUT2D eigenvalue weighted by atomic mass is 16.2. The number of nitrogens with zero attached hydrogens (tertiary/aromatic N) is 3. The van der Waals surface area contributed by atoms with Crippen molar-refractivity contribution in [1.82, 2.24) is 20.0 Å². The molecule has 1 atom stereocenters. The Morgan fingerprint density at radius 2 is 2.10 bits per heavy atom. The third-order valence-electron chi connectivity index (χ3n) is 5.54. The Bertz CT molecular complexity index is 603. The van der Waals surface area contributed by atoms with Gasteiger partial charge in [0.05, 0.1) is 6.20 Å². The third kappa shape index (κ3) is 1.61. The number of nitrogens with one attached hydrogen (secondary N) is 1. The van der Waals surface area contributed by atoms with Gasteiger partial charge < -0.3 is 4.90 Å². The maximum Gasteiger partial charge on any atom is 0.327 e. The molecule has 6 heteroatoms. The first kappa shape index (κ1) is 12.9. The van der Waals surface area contributed by atoms with Crippen LogP contribution >= 0.6 is 0 Å². The molecule has 1 saturated carbocycles. The van der Waals surface area contributed by atoms with Gasteiger partial charge in [0.1, 0.15) is 5.54 Å². The summed E-state index contributed by atoms with van der Waals surface area (Å²) in [6.07, 6.45) is 7.97. The number of carbonyl (C=O) groups excluding carboxylic acids is 2. The second kappa shape index (κ2) is 4.32. The van der Waals surface area contributed by atoms with E-state index in [1.165, 1.54) is 10.5 Å². The molecule has 4 rings (SSSR count). The van der Waals surface area contributed by atoms with Gasteiger partial charge >= 0.3 is 6.03 Å². The van der Waals surface area contributed by atoms with E-state index in [4.69, 9.17) is 0 Å². The summed E-state index contributed by atoms with van der Waals surface area (Å²) in [7, 11) is 1.79. The van der Waals surface area contributed by atoms with E-state index in [0.29, 0.717) is 6.42 Å². The zero-order valence-corrected chi connectivity index (χ0v) is 12.3. The maximum absolute atomic E-state index is 12.9. The summed E-state index contributed by atoms with van der Waals surface area (Å²) in [6.45, 7) is 0. The summed E-state index contributed by atoms with van der Waals surface area (Å²) in [4.78, 5) is 28.8. The number of hydrogen-bond acceptors (Lipinski definition) is 3. The zero-order chi connectivity index (χ0) is 14.6. The van der Waals surface area contributed by atoms with Gasteiger partial charge in [-0.2, -0.15) is 5.10 Å². The van der Waals surface area contributed by atoms with Gasteiger partial charge in [0, 0.05) is 25.2 Å². The number of carbonyl (C=O) groups is 2. The molecule has 3 amide bonds. The Morgan fingerprint density at radius 3 is 2.86 bits per heavy atom. The first-order valence-corrected chi connectivity index (χ1v) is 7.76. The van der Waals surface area contributed by atoms with Crippen LogP contribution in [0.15, 0.2) is 6.20 Å². The molecule has 1 aromatic rings. The average Bonchev–Trinajstić information content (AvgIpc) is 3.18. The lowest BCUT2D eigenvalue weighted by molar-refractivity contribution is -0.134. The molecule has 0 aromatic carbocycles. The molecule has 0 unspecified atom stereocenters. The van der Waals surface area contributed by atoms with E-state index >= 15 is 0 Å². The molecule has 0 bridgehead atoms. The van der Waals surface area contributed by atoms with Crippen molar-refractivity contribution in [3.8, 4) is 0 Å². The Balaban J connectivity index is 1.64. The first-order valence-electron chi connectivity index (χ1n) is 7.76. The third-order valence-corrected chi connectivity index (χ3v) is 5.54. The molecule has 1 spiro atoms. The number of aromatic amines is 1. The minimum atomic E-state index is -0.550. The van der Waals surface area contributed by atoms with Gasteiger partial charge in [-0.25, -0.2) is 4.79 Å². The molecule has 6 nitrogen and oxygen atoms in total. The lowest BCUT2D eigenvalue weighted by atomic mass is 9.91. The highest BCUT2D eigenvalue weighted by Gasteiger charge is 2.58. The van der Waals surface area contributed by atoms with Crippen LogP contribution in [0.2, 0.25) is 0 Å². The van der Waals surface area contributed by atoms with Crippen molar-refractivity contribution in [2.24, 2.45) is 0 Å². The minimum Gasteiger partial charge on any atom is -0.313 e. The van der Waals surface area contributed by atoms with Crippen LogP contribution in [0, 0.1) is 0 Å². The number of imide groups is 1. The summed E-state index contributed by atoms with van der Waals surface area (Å²) >= 11 is 0. The van der Waals surface area contributed by atoms with E-state index in [1.807, 2.05) is 6.20 Å². The normalized spacial score (nSPS) is 27.8. The molecule has 21 heavy (non-hydrogen) atoms. The van der Waals surface area contributed by atoms with Gasteiger partial charge in [-0.15, -0.1) is 0 Å². The van der Waals surface area contributed by atoms with E-state index in [9.17, 15) is 9.59 Å². The number of urea groups is 1. The smallest absolute Gasteiger partial charge is 0.313 e. The number of likely N-dealkylation sites (N-methyl/N-ethyl adjacent to an activating group) is 1. The predicted molar refractivity (Wildman–Crippen MR) is 75.6 cm³/mol. The Hall–Kier alpha value is -1.85. The standard InChI is InChI=1S/C15H20N4O2/c1-18-14(21)19(13(20)15(18)6-2-3-7-15)11-5-4-10-9-16-17-12(10)8-11/h9,11H,2-8H2,1H3,(H,16,17)/t11-/m1/s1. The van der Waals surface area contributed by atoms with Crippen LogP contribution in [0.3, 0.4) is 0 Å². The number of aromatic nitrogens is 2. The maximum atomic E-state index is 12.9. The van der Waals surface area contributed by atoms with E-state index < -0.39 is 5.54 Å². The number of rotatable bonds is 1. The van der Waals surface area contributed by atoms with Crippen LogP contribution < -0.4 is 0 Å². The molecule has 2 aliphatic carbocycles. The van der Waals surface area contributed by atoms with Crippen LogP contribution in [-0.2, 0) is 17.6 Å². The summed E-state index contributed by atoms with van der Waals surface area (Å²) in [6, 6.07) is -0.143. The van der Waals surface area contributed by atoms with Crippen molar-refractivity contribution in [1.29, 1.82) is 0 Å². The molecule has 0 radical (unpaired) electrons. The van der Waals surface area contributed by atoms with E-state index in [1.54, 1.807) is 11.9 Å². The summed E-state index contributed by atoms with van der Waals surface area (Å²) < 4.78 is 0. The minimum absolute atomic E-state index is 0.0274. The summed E-state index contributed by atoms with van der Waals surface area (Å²) in [5.41, 5.74) is 1.74. The lowest BCUT2D eigenvalue weighted by Gasteiger charge is -2.29. The number of H-pyrrole nitrogens is 1. The van der Waals surface area contributed by atoms with Gasteiger partial charge in [0.2, 0.25) is 0 Å². The molecule has 1 N–H and O–H groups in total. The fourth-order valence-corrected chi connectivity index (χ4v) is 4.24. The Kier molecular flexibility index (Phi) is 2.65. The van der Waals surface area contributed by atoms with Crippen molar-refractivity contribution in [2.45, 2.75) is 56.5 Å². The van der Waals surface area contributed by atoms with Crippen molar-refractivity contribution in [3.63, 3.8) is 0 Å². The molecule has 1 aliphatic heterocycles. The zero-order valence-electron chi connectivity index (χ0n) is 12.3. The van der Waals surface area contributed by atoms with E-state index in [2.05, 4.69) is 10.2 Å². The van der Waals surface area contributed by atoms with Gasteiger partial charge in [-0.1, -0.05) is 12.8 Å². The van der Waals surface area contributed by atoms with Crippen LogP contribution in [0.25, 0.3) is 0 Å². The Labute approximate surface area is 123 Å². The molecule has 3 aliphatic rings.